The molecule has 1 aliphatic rings. The van der Waals surface area contributed by atoms with Crippen LogP contribution in [0.2, 0.25) is 0 Å². The molecule has 0 bridgehead atoms. The van der Waals surface area contributed by atoms with E-state index in [0.717, 1.165) is 0 Å². The maximum atomic E-state index is 12.0. The highest BCUT2D eigenvalue weighted by Crippen LogP contribution is 2.27. The number of carbonyl (C=O) groups is 2. The fraction of sp³-hybridized carbons (Fsp3) is 0.462. The molecule has 1 aromatic rings. The van der Waals surface area contributed by atoms with Crippen molar-refractivity contribution in [2.75, 3.05) is 24.3 Å². The summed E-state index contributed by atoms with van der Waals surface area (Å²) >= 11 is 1.27. The molecule has 0 aliphatic carbocycles. The van der Waals surface area contributed by atoms with Gasteiger partial charge in [-0.15, -0.1) is 0 Å². The summed E-state index contributed by atoms with van der Waals surface area (Å²) in [5.74, 6) is 2.04. The number of aromatic nitrogens is 1. The number of ether oxygens (including phenoxy) is 1. The highest BCUT2D eigenvalue weighted by molar-refractivity contribution is 8.13. The summed E-state index contributed by atoms with van der Waals surface area (Å²) in [5.41, 5.74) is 0. The van der Waals surface area contributed by atoms with Gasteiger partial charge in [-0.05, 0) is 12.0 Å². The van der Waals surface area contributed by atoms with Crippen molar-refractivity contribution < 1.29 is 14.3 Å². The molecule has 19 heavy (non-hydrogen) atoms. The Morgan fingerprint density at radius 2 is 2.37 bits per heavy atom. The van der Waals surface area contributed by atoms with Crippen LogP contribution in [0.3, 0.4) is 0 Å². The predicted octanol–water partition coefficient (Wildman–Crippen LogP) is 1.72. The monoisotopic (exact) mass is 280 g/mol. The Hall–Kier alpha value is -1.56. The van der Waals surface area contributed by atoms with Gasteiger partial charge in [0.25, 0.3) is 0 Å². The molecule has 0 saturated carbocycles. The maximum Gasteiger partial charge on any atom is 0.228 e. The smallest absolute Gasteiger partial charge is 0.228 e. The molecule has 1 aliphatic heterocycles. The summed E-state index contributed by atoms with van der Waals surface area (Å²) in [7, 11) is 1.55. The van der Waals surface area contributed by atoms with E-state index in [9.17, 15) is 9.59 Å². The SMILES string of the molecule is COc1cccc(N2CC(CSC(C)=O)CC2=O)n1. The van der Waals surface area contributed by atoms with Gasteiger partial charge in [0, 0.05) is 31.7 Å². The second-order valence-electron chi connectivity index (χ2n) is 4.42. The number of methoxy groups -OCH3 is 1. The van der Waals surface area contributed by atoms with E-state index in [1.165, 1.54) is 11.8 Å². The number of carbonyl (C=O) groups excluding carboxylic acids is 2. The van der Waals surface area contributed by atoms with Gasteiger partial charge in [0.05, 0.1) is 7.11 Å². The van der Waals surface area contributed by atoms with Crippen LogP contribution in [-0.2, 0) is 9.59 Å². The van der Waals surface area contributed by atoms with Crippen molar-refractivity contribution in [1.82, 2.24) is 4.98 Å². The number of thioether (sulfide) groups is 1. The first-order chi connectivity index (χ1) is 9.10. The molecule has 0 aromatic carbocycles. The molecular weight excluding hydrogens is 264 g/mol. The lowest BCUT2D eigenvalue weighted by atomic mass is 10.1. The zero-order chi connectivity index (χ0) is 13.8. The minimum atomic E-state index is 0.0508. The quantitative estimate of drug-likeness (QED) is 0.840. The Labute approximate surface area is 116 Å². The van der Waals surface area contributed by atoms with E-state index in [4.69, 9.17) is 4.74 Å². The molecule has 1 fully saturated rings. The summed E-state index contributed by atoms with van der Waals surface area (Å²) in [5, 5.41) is 0.0883. The number of pyridine rings is 1. The van der Waals surface area contributed by atoms with Crippen molar-refractivity contribution in [2.45, 2.75) is 13.3 Å². The van der Waals surface area contributed by atoms with Crippen molar-refractivity contribution in [3.63, 3.8) is 0 Å². The molecular formula is C13H16N2O3S. The zero-order valence-corrected chi connectivity index (χ0v) is 11.8. The molecule has 0 radical (unpaired) electrons. The van der Waals surface area contributed by atoms with Crippen LogP contribution >= 0.6 is 11.8 Å². The molecule has 5 nitrogen and oxygen atoms in total. The van der Waals surface area contributed by atoms with Gasteiger partial charge in [-0.25, -0.2) is 0 Å². The Morgan fingerprint density at radius 1 is 1.58 bits per heavy atom. The summed E-state index contributed by atoms with van der Waals surface area (Å²) in [4.78, 5) is 28.9. The van der Waals surface area contributed by atoms with Crippen molar-refractivity contribution in [3.05, 3.63) is 18.2 Å². The Bertz CT molecular complexity index is 493. The second kappa shape index (κ2) is 6.06. The number of hydrogen-bond donors (Lipinski definition) is 0. The second-order valence-corrected chi connectivity index (χ2v) is 5.61. The first-order valence-electron chi connectivity index (χ1n) is 6.05. The van der Waals surface area contributed by atoms with Crippen LogP contribution in [0.15, 0.2) is 18.2 Å². The average Bonchev–Trinajstić information content (AvgIpc) is 2.78. The number of amides is 1. The van der Waals surface area contributed by atoms with Crippen molar-refractivity contribution >= 4 is 28.6 Å². The fourth-order valence-corrected chi connectivity index (χ4v) is 2.71. The third kappa shape index (κ3) is 3.47. The first-order valence-corrected chi connectivity index (χ1v) is 7.03. The van der Waals surface area contributed by atoms with E-state index in [1.54, 1.807) is 31.1 Å². The minimum Gasteiger partial charge on any atom is -0.481 e. The molecule has 6 heteroatoms. The normalized spacial score (nSPS) is 18.7. The minimum absolute atomic E-state index is 0.0508. The molecule has 0 N–H and O–H groups in total. The van der Waals surface area contributed by atoms with E-state index in [2.05, 4.69) is 4.98 Å². The summed E-state index contributed by atoms with van der Waals surface area (Å²) in [6, 6.07) is 5.35. The van der Waals surface area contributed by atoms with E-state index in [0.29, 0.717) is 30.4 Å². The van der Waals surface area contributed by atoms with Crippen LogP contribution in [0.5, 0.6) is 5.88 Å². The van der Waals surface area contributed by atoms with Crippen molar-refractivity contribution in [3.8, 4) is 5.88 Å². The van der Waals surface area contributed by atoms with Gasteiger partial charge in [0.1, 0.15) is 5.82 Å². The van der Waals surface area contributed by atoms with Gasteiger partial charge in [-0.3, -0.25) is 14.5 Å². The van der Waals surface area contributed by atoms with E-state index >= 15 is 0 Å². The van der Waals surface area contributed by atoms with Crippen molar-refractivity contribution in [1.29, 1.82) is 0 Å². The van der Waals surface area contributed by atoms with Gasteiger partial charge in [-0.2, -0.15) is 4.98 Å². The van der Waals surface area contributed by atoms with E-state index in [1.807, 2.05) is 6.07 Å². The van der Waals surface area contributed by atoms with E-state index < -0.39 is 0 Å². The maximum absolute atomic E-state index is 12.0. The summed E-state index contributed by atoms with van der Waals surface area (Å²) < 4.78 is 5.06. The lowest BCUT2D eigenvalue weighted by molar-refractivity contribution is -0.117. The predicted molar refractivity (Wildman–Crippen MR) is 74.4 cm³/mol. The number of rotatable bonds is 4. The molecule has 1 unspecified atom stereocenters. The molecule has 2 heterocycles. The van der Waals surface area contributed by atoms with Crippen molar-refractivity contribution in [2.24, 2.45) is 5.92 Å². The standard InChI is InChI=1S/C13H16N2O3S/c1-9(16)19-8-10-6-13(17)15(7-10)11-4-3-5-12(14-11)18-2/h3-5,10H,6-8H2,1-2H3. The highest BCUT2D eigenvalue weighted by atomic mass is 32.2. The first kappa shape index (κ1) is 13.9. The van der Waals surface area contributed by atoms with Gasteiger partial charge in [0.2, 0.25) is 11.8 Å². The van der Waals surface area contributed by atoms with Gasteiger partial charge < -0.3 is 4.74 Å². The lowest BCUT2D eigenvalue weighted by Crippen LogP contribution is -2.25. The van der Waals surface area contributed by atoms with E-state index in [-0.39, 0.29) is 16.9 Å². The van der Waals surface area contributed by atoms with Gasteiger partial charge >= 0.3 is 0 Å². The molecule has 1 saturated heterocycles. The summed E-state index contributed by atoms with van der Waals surface area (Å²) in [6.45, 7) is 2.15. The lowest BCUT2D eigenvalue weighted by Gasteiger charge is -2.15. The van der Waals surface area contributed by atoms with Crippen LogP contribution < -0.4 is 9.64 Å². The zero-order valence-electron chi connectivity index (χ0n) is 11.0. The Balaban J connectivity index is 2.04. The molecule has 1 aromatic heterocycles. The van der Waals surface area contributed by atoms with Crippen LogP contribution in [-0.4, -0.2) is 35.4 Å². The molecule has 1 atom stereocenters. The molecule has 102 valence electrons. The summed E-state index contributed by atoms with van der Waals surface area (Å²) in [6.07, 6.45) is 0.471. The van der Waals surface area contributed by atoms with Crippen LogP contribution in [0, 0.1) is 5.92 Å². The number of anilines is 1. The number of hydrogen-bond acceptors (Lipinski definition) is 5. The van der Waals surface area contributed by atoms with Gasteiger partial charge in [-0.1, -0.05) is 17.8 Å². The van der Waals surface area contributed by atoms with Crippen LogP contribution in [0.1, 0.15) is 13.3 Å². The third-order valence-electron chi connectivity index (χ3n) is 2.92. The Kier molecular flexibility index (Phi) is 4.42. The fourth-order valence-electron chi connectivity index (χ4n) is 2.02. The molecule has 0 spiro atoms. The molecule has 1 amide bonds. The average molecular weight is 280 g/mol. The van der Waals surface area contributed by atoms with Crippen LogP contribution in [0.4, 0.5) is 5.82 Å². The highest BCUT2D eigenvalue weighted by Gasteiger charge is 2.31. The van der Waals surface area contributed by atoms with Gasteiger partial charge in [0.15, 0.2) is 5.12 Å². The third-order valence-corrected chi connectivity index (χ3v) is 3.97. The van der Waals surface area contributed by atoms with Crippen LogP contribution in [0.25, 0.3) is 0 Å². The largest absolute Gasteiger partial charge is 0.481 e. The Morgan fingerprint density at radius 3 is 3.05 bits per heavy atom. The molecule has 2 rings (SSSR count). The topological polar surface area (TPSA) is 59.5 Å². The number of nitrogens with zero attached hydrogens (tertiary/aromatic N) is 2.